The maximum absolute atomic E-state index is 13.7. The number of alkyl halides is 2. The number of hydrogen-bond acceptors (Lipinski definition) is 5. The first kappa shape index (κ1) is 25.2. The molecule has 190 valence electrons. The minimum Gasteiger partial charge on any atom is -0.266 e. The Morgan fingerprint density at radius 2 is 1.05 bits per heavy atom. The van der Waals surface area contributed by atoms with E-state index in [0.717, 1.165) is 0 Å². The van der Waals surface area contributed by atoms with E-state index in [2.05, 4.69) is 0 Å². The van der Waals surface area contributed by atoms with Gasteiger partial charge in [0, 0.05) is 11.1 Å². The van der Waals surface area contributed by atoms with E-state index < -0.39 is 33.3 Å². The number of benzene rings is 4. The highest BCUT2D eigenvalue weighted by Crippen LogP contribution is 2.39. The lowest BCUT2D eigenvalue weighted by Gasteiger charge is -2.17. The van der Waals surface area contributed by atoms with Crippen molar-refractivity contribution < 1.29 is 31.1 Å². The molecule has 2 amide bonds. The molecule has 0 aromatic heterocycles. The summed E-state index contributed by atoms with van der Waals surface area (Å²) in [6.07, 6.45) is -2.87. The molecule has 0 saturated carbocycles. The van der Waals surface area contributed by atoms with Crippen molar-refractivity contribution in [3.63, 3.8) is 0 Å². The quantitative estimate of drug-likeness (QED) is 0.278. The molecule has 9 heteroatoms. The van der Waals surface area contributed by atoms with Gasteiger partial charge >= 0.3 is 10.1 Å². The van der Waals surface area contributed by atoms with Crippen LogP contribution in [0.1, 0.15) is 23.1 Å². The van der Waals surface area contributed by atoms with Gasteiger partial charge in [0.05, 0.1) is 11.1 Å². The maximum atomic E-state index is 13.7. The molecule has 1 aliphatic rings. The SMILES string of the molecule is O=C1C(c2ccccc2)=C(c2ccccc2)C(=O)N1OS(=O)(=O)c1ccccc1-c1ccccc1C(F)F. The molecule has 0 spiro atoms. The fourth-order valence-electron chi connectivity index (χ4n) is 4.30. The number of amides is 2. The molecule has 5 rings (SSSR count). The highest BCUT2D eigenvalue weighted by molar-refractivity contribution is 7.86. The first-order chi connectivity index (χ1) is 18.3. The zero-order valence-corrected chi connectivity index (χ0v) is 20.4. The van der Waals surface area contributed by atoms with Crippen LogP contribution in [0.4, 0.5) is 8.78 Å². The Kier molecular flexibility index (Phi) is 6.71. The highest BCUT2D eigenvalue weighted by Gasteiger charge is 2.43. The Bertz CT molecular complexity index is 1610. The topological polar surface area (TPSA) is 80.8 Å². The van der Waals surface area contributed by atoms with Crippen LogP contribution in [0.2, 0.25) is 0 Å². The number of nitrogens with zero attached hydrogens (tertiary/aromatic N) is 1. The Balaban J connectivity index is 1.58. The Morgan fingerprint density at radius 3 is 1.58 bits per heavy atom. The lowest BCUT2D eigenvalue weighted by molar-refractivity contribution is -0.160. The smallest absolute Gasteiger partial charge is 0.266 e. The third-order valence-corrected chi connectivity index (χ3v) is 7.23. The van der Waals surface area contributed by atoms with E-state index in [0.29, 0.717) is 11.1 Å². The fraction of sp³-hybridized carbons (Fsp3) is 0.0345. The average Bonchev–Trinajstić information content (AvgIpc) is 3.18. The van der Waals surface area contributed by atoms with Gasteiger partial charge in [0.25, 0.3) is 18.2 Å². The minimum atomic E-state index is -4.83. The number of imide groups is 1. The second-order valence-electron chi connectivity index (χ2n) is 8.30. The van der Waals surface area contributed by atoms with Crippen molar-refractivity contribution >= 4 is 33.1 Å². The normalized spacial score (nSPS) is 14.0. The number of hydroxylamine groups is 2. The van der Waals surface area contributed by atoms with Gasteiger partial charge in [-0.15, -0.1) is 9.35 Å². The van der Waals surface area contributed by atoms with E-state index in [1.54, 1.807) is 60.7 Å². The van der Waals surface area contributed by atoms with Crippen LogP contribution in [0.15, 0.2) is 114 Å². The Hall–Kier alpha value is -4.47. The largest absolute Gasteiger partial charge is 0.318 e. The monoisotopic (exact) mass is 531 g/mol. The van der Waals surface area contributed by atoms with E-state index in [-0.39, 0.29) is 32.9 Å². The van der Waals surface area contributed by atoms with E-state index in [4.69, 9.17) is 4.28 Å². The summed E-state index contributed by atoms with van der Waals surface area (Å²) in [6, 6.07) is 27.6. The molecule has 4 aromatic carbocycles. The van der Waals surface area contributed by atoms with Crippen molar-refractivity contribution in [2.75, 3.05) is 0 Å². The molecule has 0 N–H and O–H groups in total. The maximum Gasteiger partial charge on any atom is 0.318 e. The van der Waals surface area contributed by atoms with Crippen LogP contribution in [0.5, 0.6) is 0 Å². The molecule has 0 bridgehead atoms. The van der Waals surface area contributed by atoms with Gasteiger partial charge in [-0.3, -0.25) is 9.59 Å². The van der Waals surface area contributed by atoms with Gasteiger partial charge in [0.15, 0.2) is 0 Å². The molecule has 6 nitrogen and oxygen atoms in total. The van der Waals surface area contributed by atoms with Gasteiger partial charge < -0.3 is 0 Å². The molecular weight excluding hydrogens is 512 g/mol. The molecule has 0 aliphatic carbocycles. The number of carbonyl (C=O) groups excluding carboxylic acids is 2. The number of hydrogen-bond donors (Lipinski definition) is 0. The summed E-state index contributed by atoms with van der Waals surface area (Å²) in [6.45, 7) is 0. The van der Waals surface area contributed by atoms with Crippen LogP contribution in [-0.4, -0.2) is 25.3 Å². The number of rotatable bonds is 7. The van der Waals surface area contributed by atoms with Crippen molar-refractivity contribution in [2.24, 2.45) is 0 Å². The Morgan fingerprint density at radius 1 is 0.605 bits per heavy atom. The van der Waals surface area contributed by atoms with Crippen LogP contribution in [0.25, 0.3) is 22.3 Å². The summed E-state index contributed by atoms with van der Waals surface area (Å²) in [7, 11) is -4.83. The van der Waals surface area contributed by atoms with Crippen molar-refractivity contribution in [2.45, 2.75) is 11.3 Å². The van der Waals surface area contributed by atoms with Gasteiger partial charge in [-0.05, 0) is 22.8 Å². The van der Waals surface area contributed by atoms with E-state index >= 15 is 0 Å². The predicted octanol–water partition coefficient (Wildman–Crippen LogP) is 5.89. The van der Waals surface area contributed by atoms with E-state index in [1.807, 2.05) is 0 Å². The van der Waals surface area contributed by atoms with Crippen molar-refractivity contribution in [1.29, 1.82) is 0 Å². The van der Waals surface area contributed by atoms with Crippen LogP contribution >= 0.6 is 0 Å². The molecule has 38 heavy (non-hydrogen) atoms. The standard InChI is InChI=1S/C29H19F2NO5S/c30-27(31)23-17-8-7-15-21(23)22-16-9-10-18-24(22)38(35,36)37-32-28(33)25(19-11-3-1-4-12-19)26(29(32)34)20-13-5-2-6-14-20/h1-18,27H. The van der Waals surface area contributed by atoms with Crippen LogP contribution in [0, 0.1) is 0 Å². The fourth-order valence-corrected chi connectivity index (χ4v) is 5.40. The summed E-state index contributed by atoms with van der Waals surface area (Å²) in [5.74, 6) is -1.93. The second-order valence-corrected chi connectivity index (χ2v) is 9.80. The Labute approximate surface area is 217 Å². The zero-order chi connectivity index (χ0) is 26.9. The molecule has 0 saturated heterocycles. The summed E-state index contributed by atoms with van der Waals surface area (Å²) in [5.41, 5.74) is 0.322. The van der Waals surface area contributed by atoms with Gasteiger partial charge in [0.1, 0.15) is 4.90 Å². The van der Waals surface area contributed by atoms with Gasteiger partial charge in [-0.1, -0.05) is 103 Å². The molecule has 0 radical (unpaired) electrons. The molecular formula is C29H19F2NO5S. The summed E-state index contributed by atoms with van der Waals surface area (Å²) < 4.78 is 59.5. The van der Waals surface area contributed by atoms with Gasteiger partial charge in [-0.25, -0.2) is 8.78 Å². The zero-order valence-electron chi connectivity index (χ0n) is 19.6. The van der Waals surface area contributed by atoms with Crippen LogP contribution in [-0.2, 0) is 24.0 Å². The molecule has 0 atom stereocenters. The van der Waals surface area contributed by atoms with E-state index in [1.165, 1.54) is 48.5 Å². The highest BCUT2D eigenvalue weighted by atomic mass is 32.2. The molecule has 1 heterocycles. The summed E-state index contributed by atoms with van der Waals surface area (Å²) >= 11 is 0. The first-order valence-corrected chi connectivity index (χ1v) is 12.9. The lowest BCUT2D eigenvalue weighted by Crippen LogP contribution is -2.34. The van der Waals surface area contributed by atoms with Gasteiger partial charge in [0.2, 0.25) is 0 Å². The number of halogens is 2. The molecule has 1 aliphatic heterocycles. The van der Waals surface area contributed by atoms with E-state index in [9.17, 15) is 26.8 Å². The van der Waals surface area contributed by atoms with Crippen molar-refractivity contribution in [3.05, 3.63) is 126 Å². The van der Waals surface area contributed by atoms with Crippen LogP contribution in [0.3, 0.4) is 0 Å². The molecule has 0 unspecified atom stereocenters. The lowest BCUT2D eigenvalue weighted by atomic mass is 9.96. The third-order valence-electron chi connectivity index (χ3n) is 5.99. The summed E-state index contributed by atoms with van der Waals surface area (Å²) in [5, 5.41) is 0.204. The third kappa shape index (κ3) is 4.53. The van der Waals surface area contributed by atoms with Crippen molar-refractivity contribution in [1.82, 2.24) is 5.06 Å². The summed E-state index contributed by atoms with van der Waals surface area (Å²) in [4.78, 5) is 26.5. The second kappa shape index (κ2) is 10.1. The van der Waals surface area contributed by atoms with Crippen LogP contribution < -0.4 is 0 Å². The average molecular weight is 532 g/mol. The van der Waals surface area contributed by atoms with Crippen molar-refractivity contribution in [3.8, 4) is 11.1 Å². The molecule has 4 aromatic rings. The minimum absolute atomic E-state index is 0.0163. The van der Waals surface area contributed by atoms with Gasteiger partial charge in [-0.2, -0.15) is 8.42 Å². The molecule has 0 fully saturated rings. The number of carbonyl (C=O) groups is 2. The predicted molar refractivity (Wildman–Crippen MR) is 137 cm³/mol. The first-order valence-electron chi connectivity index (χ1n) is 11.4.